The second-order valence-corrected chi connectivity index (χ2v) is 4.41. The molecule has 4 nitrogen and oxygen atoms in total. The fraction of sp³-hybridized carbons (Fsp3) is 0.333. The summed E-state index contributed by atoms with van der Waals surface area (Å²) in [4.78, 5) is 4.33. The van der Waals surface area contributed by atoms with Crippen LogP contribution in [0, 0.1) is 5.82 Å². The van der Waals surface area contributed by atoms with Crippen molar-refractivity contribution in [2.24, 2.45) is 5.73 Å². The van der Waals surface area contributed by atoms with Gasteiger partial charge in [-0.15, -0.1) is 0 Å². The lowest BCUT2D eigenvalue weighted by atomic mass is 10.1. The zero-order valence-corrected chi connectivity index (χ0v) is 10.5. The standard InChI is InChI=1S/C12H14ClFN4/c13-10-7-9(14)4-3-8(10)6-12-16-11(17-18-12)2-1-5-15/h3-4,7H,1-2,5-6,15H2,(H,16,17,18). The van der Waals surface area contributed by atoms with Crippen LogP contribution in [-0.4, -0.2) is 21.7 Å². The van der Waals surface area contributed by atoms with Crippen molar-refractivity contribution in [2.45, 2.75) is 19.3 Å². The van der Waals surface area contributed by atoms with Gasteiger partial charge < -0.3 is 5.73 Å². The average Bonchev–Trinajstić information content (AvgIpc) is 2.78. The van der Waals surface area contributed by atoms with Crippen molar-refractivity contribution in [1.82, 2.24) is 15.2 Å². The zero-order valence-electron chi connectivity index (χ0n) is 9.79. The Balaban J connectivity index is 2.06. The molecule has 2 rings (SSSR count). The molecule has 1 heterocycles. The van der Waals surface area contributed by atoms with E-state index in [-0.39, 0.29) is 5.82 Å². The van der Waals surface area contributed by atoms with Gasteiger partial charge in [-0.2, -0.15) is 5.10 Å². The van der Waals surface area contributed by atoms with Gasteiger partial charge in [0.05, 0.1) is 0 Å². The molecule has 0 saturated heterocycles. The normalized spacial score (nSPS) is 10.8. The Kier molecular flexibility index (Phi) is 4.28. The van der Waals surface area contributed by atoms with Crippen molar-refractivity contribution in [1.29, 1.82) is 0 Å². The van der Waals surface area contributed by atoms with Crippen LogP contribution in [0.3, 0.4) is 0 Å². The van der Waals surface area contributed by atoms with Gasteiger partial charge in [-0.25, -0.2) is 9.37 Å². The molecule has 96 valence electrons. The van der Waals surface area contributed by atoms with Crippen molar-refractivity contribution in [2.75, 3.05) is 6.54 Å². The summed E-state index contributed by atoms with van der Waals surface area (Å²) < 4.78 is 12.9. The third-order valence-corrected chi connectivity index (χ3v) is 2.91. The minimum atomic E-state index is -0.343. The summed E-state index contributed by atoms with van der Waals surface area (Å²) in [5.74, 6) is 1.12. The highest BCUT2D eigenvalue weighted by atomic mass is 35.5. The summed E-state index contributed by atoms with van der Waals surface area (Å²) in [6, 6.07) is 4.33. The van der Waals surface area contributed by atoms with Crippen LogP contribution < -0.4 is 5.73 Å². The van der Waals surface area contributed by atoms with Gasteiger partial charge in [0.1, 0.15) is 11.6 Å². The number of halogens is 2. The highest BCUT2D eigenvalue weighted by molar-refractivity contribution is 6.31. The predicted molar refractivity (Wildman–Crippen MR) is 68.0 cm³/mol. The zero-order chi connectivity index (χ0) is 13.0. The van der Waals surface area contributed by atoms with Crippen molar-refractivity contribution >= 4 is 11.6 Å². The lowest BCUT2D eigenvalue weighted by molar-refractivity contribution is 0.627. The Labute approximate surface area is 109 Å². The van der Waals surface area contributed by atoms with E-state index < -0.39 is 0 Å². The molecule has 0 aliphatic rings. The Bertz CT molecular complexity index is 527. The molecule has 1 aromatic heterocycles. The Hall–Kier alpha value is -1.46. The van der Waals surface area contributed by atoms with E-state index >= 15 is 0 Å². The van der Waals surface area contributed by atoms with Crippen LogP contribution >= 0.6 is 11.6 Å². The molecule has 0 saturated carbocycles. The van der Waals surface area contributed by atoms with E-state index in [1.54, 1.807) is 6.07 Å². The number of benzene rings is 1. The third-order valence-electron chi connectivity index (χ3n) is 2.56. The fourth-order valence-electron chi connectivity index (χ4n) is 1.63. The quantitative estimate of drug-likeness (QED) is 0.872. The predicted octanol–water partition coefficient (Wildman–Crippen LogP) is 2.08. The van der Waals surface area contributed by atoms with E-state index in [0.717, 1.165) is 30.1 Å². The smallest absolute Gasteiger partial charge is 0.150 e. The van der Waals surface area contributed by atoms with E-state index in [2.05, 4.69) is 15.2 Å². The number of rotatable bonds is 5. The van der Waals surface area contributed by atoms with Gasteiger partial charge in [0.25, 0.3) is 0 Å². The van der Waals surface area contributed by atoms with Crippen molar-refractivity contribution < 1.29 is 4.39 Å². The average molecular weight is 269 g/mol. The summed E-state index contributed by atoms with van der Waals surface area (Å²) >= 11 is 5.95. The van der Waals surface area contributed by atoms with Gasteiger partial charge >= 0.3 is 0 Å². The topological polar surface area (TPSA) is 67.6 Å². The first-order valence-corrected chi connectivity index (χ1v) is 6.11. The van der Waals surface area contributed by atoms with Crippen molar-refractivity contribution in [3.8, 4) is 0 Å². The number of hydrogen-bond donors (Lipinski definition) is 2. The molecule has 0 unspecified atom stereocenters. The Morgan fingerprint density at radius 3 is 2.94 bits per heavy atom. The highest BCUT2D eigenvalue weighted by Crippen LogP contribution is 2.19. The van der Waals surface area contributed by atoms with Crippen LogP contribution in [0.5, 0.6) is 0 Å². The van der Waals surface area contributed by atoms with Gasteiger partial charge in [-0.05, 0) is 30.7 Å². The molecule has 1 aromatic carbocycles. The van der Waals surface area contributed by atoms with E-state index in [1.165, 1.54) is 12.1 Å². The Morgan fingerprint density at radius 1 is 1.39 bits per heavy atom. The summed E-state index contributed by atoms with van der Waals surface area (Å²) in [6.45, 7) is 0.619. The number of nitrogens with zero attached hydrogens (tertiary/aromatic N) is 2. The summed E-state index contributed by atoms with van der Waals surface area (Å²) in [7, 11) is 0. The number of nitrogens with two attached hydrogens (primary N) is 1. The molecular formula is C12H14ClFN4. The first-order valence-electron chi connectivity index (χ1n) is 5.73. The molecule has 0 fully saturated rings. The largest absolute Gasteiger partial charge is 0.330 e. The highest BCUT2D eigenvalue weighted by Gasteiger charge is 2.07. The number of aromatic nitrogens is 3. The van der Waals surface area contributed by atoms with E-state index in [9.17, 15) is 4.39 Å². The second-order valence-electron chi connectivity index (χ2n) is 4.00. The van der Waals surface area contributed by atoms with Crippen molar-refractivity contribution in [3.63, 3.8) is 0 Å². The molecular weight excluding hydrogens is 255 g/mol. The van der Waals surface area contributed by atoms with Gasteiger partial charge in [0.15, 0.2) is 5.82 Å². The van der Waals surface area contributed by atoms with Crippen LogP contribution in [0.2, 0.25) is 5.02 Å². The molecule has 0 spiro atoms. The van der Waals surface area contributed by atoms with Crippen LogP contribution in [0.1, 0.15) is 23.6 Å². The number of nitrogens with one attached hydrogen (secondary N) is 1. The fourth-order valence-corrected chi connectivity index (χ4v) is 1.87. The number of hydrogen-bond acceptors (Lipinski definition) is 3. The Morgan fingerprint density at radius 2 is 2.22 bits per heavy atom. The molecule has 0 aliphatic carbocycles. The maximum Gasteiger partial charge on any atom is 0.150 e. The maximum atomic E-state index is 12.9. The second kappa shape index (κ2) is 5.93. The first-order chi connectivity index (χ1) is 8.69. The van der Waals surface area contributed by atoms with Gasteiger partial charge in [0, 0.05) is 17.9 Å². The SMILES string of the molecule is NCCCc1n[nH]c(Cc2ccc(F)cc2Cl)n1. The summed E-state index contributed by atoms with van der Waals surface area (Å²) in [6.07, 6.45) is 2.12. The van der Waals surface area contributed by atoms with Gasteiger partial charge in [-0.3, -0.25) is 5.10 Å². The summed E-state index contributed by atoms with van der Waals surface area (Å²) in [5, 5.41) is 7.34. The lowest BCUT2D eigenvalue weighted by Crippen LogP contribution is -2.01. The molecule has 3 N–H and O–H groups in total. The van der Waals surface area contributed by atoms with E-state index in [0.29, 0.717) is 18.0 Å². The molecule has 0 atom stereocenters. The maximum absolute atomic E-state index is 12.9. The van der Waals surface area contributed by atoms with Gasteiger partial charge in [-0.1, -0.05) is 17.7 Å². The molecule has 0 radical (unpaired) electrons. The van der Waals surface area contributed by atoms with Crippen LogP contribution in [0.15, 0.2) is 18.2 Å². The number of aromatic amines is 1. The van der Waals surface area contributed by atoms with Gasteiger partial charge in [0.2, 0.25) is 0 Å². The molecule has 0 bridgehead atoms. The molecule has 18 heavy (non-hydrogen) atoms. The number of H-pyrrole nitrogens is 1. The molecule has 6 heteroatoms. The third kappa shape index (κ3) is 3.27. The molecule has 0 aliphatic heterocycles. The first kappa shape index (κ1) is 13.0. The van der Waals surface area contributed by atoms with Crippen LogP contribution in [-0.2, 0) is 12.8 Å². The van der Waals surface area contributed by atoms with Crippen LogP contribution in [0.25, 0.3) is 0 Å². The van der Waals surface area contributed by atoms with Crippen molar-refractivity contribution in [3.05, 3.63) is 46.3 Å². The molecule has 2 aromatic rings. The minimum Gasteiger partial charge on any atom is -0.330 e. The summed E-state index contributed by atoms with van der Waals surface area (Å²) in [5.41, 5.74) is 6.24. The lowest BCUT2D eigenvalue weighted by Gasteiger charge is -2.01. The van der Waals surface area contributed by atoms with E-state index in [4.69, 9.17) is 17.3 Å². The van der Waals surface area contributed by atoms with E-state index in [1.807, 2.05) is 0 Å². The van der Waals surface area contributed by atoms with Crippen LogP contribution in [0.4, 0.5) is 4.39 Å². The molecule has 0 amide bonds. The monoisotopic (exact) mass is 268 g/mol. The number of aryl methyl sites for hydroxylation is 1. The minimum absolute atomic E-state index is 0.343.